The molecule has 0 radical (unpaired) electrons. The summed E-state index contributed by atoms with van der Waals surface area (Å²) in [6.07, 6.45) is 0.984. The van der Waals surface area contributed by atoms with Gasteiger partial charge in [0.15, 0.2) is 16.6 Å². The molecule has 5 nitrogen and oxygen atoms in total. The van der Waals surface area contributed by atoms with Crippen LogP contribution >= 0.6 is 11.3 Å². The molecule has 0 aliphatic rings. The van der Waals surface area contributed by atoms with Gasteiger partial charge in [-0.2, -0.15) is 0 Å². The summed E-state index contributed by atoms with van der Waals surface area (Å²) < 4.78 is 4.94. The first-order valence-corrected chi connectivity index (χ1v) is 7.30. The van der Waals surface area contributed by atoms with Gasteiger partial charge in [-0.05, 0) is 20.3 Å². The molecule has 0 bridgehead atoms. The molecule has 0 atom stereocenters. The Labute approximate surface area is 117 Å². The molecule has 1 aromatic rings. The van der Waals surface area contributed by atoms with Crippen LogP contribution in [0.25, 0.3) is 0 Å². The number of esters is 1. The largest absolute Gasteiger partial charge is 0.461 e. The Morgan fingerprint density at radius 1 is 1.32 bits per heavy atom. The van der Waals surface area contributed by atoms with Gasteiger partial charge in [-0.25, -0.2) is 9.78 Å². The second kappa shape index (κ2) is 7.23. The van der Waals surface area contributed by atoms with Crippen LogP contribution in [0.1, 0.15) is 54.3 Å². The number of hydrogen-bond acceptors (Lipinski definition) is 6. The first-order valence-electron chi connectivity index (χ1n) is 6.48. The van der Waals surface area contributed by atoms with Crippen LogP contribution in [0.3, 0.4) is 0 Å². The quantitative estimate of drug-likeness (QED) is 0.569. The van der Waals surface area contributed by atoms with Crippen LogP contribution in [0.15, 0.2) is 0 Å². The normalized spacial score (nSPS) is 10.3. The van der Waals surface area contributed by atoms with Gasteiger partial charge in [0, 0.05) is 20.0 Å². The van der Waals surface area contributed by atoms with E-state index in [0.29, 0.717) is 10.0 Å². The van der Waals surface area contributed by atoms with Crippen LogP contribution in [-0.4, -0.2) is 36.4 Å². The van der Waals surface area contributed by atoms with Gasteiger partial charge < -0.3 is 9.64 Å². The van der Waals surface area contributed by atoms with Crippen molar-refractivity contribution in [2.45, 2.75) is 34.1 Å². The van der Waals surface area contributed by atoms with Crippen molar-refractivity contribution >= 4 is 28.2 Å². The number of hydrogen-bond donors (Lipinski definition) is 0. The lowest BCUT2D eigenvalue weighted by Crippen LogP contribution is -2.23. The van der Waals surface area contributed by atoms with Gasteiger partial charge in [0.05, 0.1) is 6.61 Å². The first-order chi connectivity index (χ1) is 9.04. The molecule has 0 saturated carbocycles. The van der Waals surface area contributed by atoms with Crippen LogP contribution in [0.5, 0.6) is 0 Å². The van der Waals surface area contributed by atoms with Crippen LogP contribution in [-0.2, 0) is 4.74 Å². The molecule has 0 N–H and O–H groups in total. The van der Waals surface area contributed by atoms with E-state index in [9.17, 15) is 9.59 Å². The summed E-state index contributed by atoms with van der Waals surface area (Å²) in [5.41, 5.74) is 0.143. The van der Waals surface area contributed by atoms with E-state index in [1.54, 1.807) is 6.92 Å². The highest BCUT2D eigenvalue weighted by Gasteiger charge is 2.23. The van der Waals surface area contributed by atoms with Crippen molar-refractivity contribution in [2.75, 3.05) is 24.6 Å². The fourth-order valence-electron chi connectivity index (χ4n) is 1.68. The van der Waals surface area contributed by atoms with Gasteiger partial charge in [-0.15, -0.1) is 0 Å². The van der Waals surface area contributed by atoms with Crippen molar-refractivity contribution in [2.24, 2.45) is 0 Å². The Bertz CT molecular complexity index is 457. The highest BCUT2D eigenvalue weighted by atomic mass is 32.1. The van der Waals surface area contributed by atoms with Gasteiger partial charge in [0.1, 0.15) is 4.88 Å². The Morgan fingerprint density at radius 2 is 2.00 bits per heavy atom. The van der Waals surface area contributed by atoms with Gasteiger partial charge in [0.2, 0.25) is 0 Å². The zero-order valence-corrected chi connectivity index (χ0v) is 12.7. The van der Waals surface area contributed by atoms with E-state index in [4.69, 9.17) is 4.74 Å². The molecule has 0 aliphatic heterocycles. The smallest absolute Gasteiger partial charge is 0.358 e. The lowest BCUT2D eigenvalue weighted by Gasteiger charge is -2.18. The number of rotatable bonds is 7. The van der Waals surface area contributed by atoms with Crippen molar-refractivity contribution in [3.05, 3.63) is 10.6 Å². The number of nitrogens with zero attached hydrogens (tertiary/aromatic N) is 2. The third-order valence-electron chi connectivity index (χ3n) is 2.55. The number of aromatic nitrogens is 1. The van der Waals surface area contributed by atoms with Crippen LogP contribution < -0.4 is 4.90 Å². The van der Waals surface area contributed by atoms with Crippen LogP contribution in [0.4, 0.5) is 5.13 Å². The fraction of sp³-hybridized carbons (Fsp3) is 0.615. The molecule has 1 aromatic heterocycles. The Balaban J connectivity index is 3.13. The van der Waals surface area contributed by atoms with Gasteiger partial charge in [-0.3, -0.25) is 4.79 Å². The van der Waals surface area contributed by atoms with Gasteiger partial charge >= 0.3 is 5.97 Å². The fourth-order valence-corrected chi connectivity index (χ4v) is 2.72. The Hall–Kier alpha value is -1.43. The standard InChI is InChI=1S/C13H20N2O3S/c1-5-8-15(6-2)13-14-10(12(17)18-7-3)11(19-13)9(4)16/h5-8H2,1-4H3. The van der Waals surface area contributed by atoms with E-state index in [-0.39, 0.29) is 18.1 Å². The van der Waals surface area contributed by atoms with Crippen molar-refractivity contribution in [3.63, 3.8) is 0 Å². The molecule has 1 heterocycles. The predicted octanol–water partition coefficient (Wildman–Crippen LogP) is 2.76. The van der Waals surface area contributed by atoms with Gasteiger partial charge in [-0.1, -0.05) is 18.3 Å². The monoisotopic (exact) mass is 284 g/mol. The molecule has 0 spiro atoms. The predicted molar refractivity (Wildman–Crippen MR) is 76.3 cm³/mol. The highest BCUT2D eigenvalue weighted by Crippen LogP contribution is 2.27. The number of thiazole rings is 1. The summed E-state index contributed by atoms with van der Waals surface area (Å²) in [4.78, 5) is 30.1. The summed E-state index contributed by atoms with van der Waals surface area (Å²) in [6, 6.07) is 0. The molecule has 0 unspecified atom stereocenters. The number of ether oxygens (including phenoxy) is 1. The molecule has 106 valence electrons. The summed E-state index contributed by atoms with van der Waals surface area (Å²) in [5, 5.41) is 0.706. The molecule has 6 heteroatoms. The number of anilines is 1. The van der Waals surface area contributed by atoms with E-state index in [1.807, 2.05) is 6.92 Å². The van der Waals surface area contributed by atoms with E-state index < -0.39 is 5.97 Å². The van der Waals surface area contributed by atoms with Crippen molar-refractivity contribution in [3.8, 4) is 0 Å². The van der Waals surface area contributed by atoms with Crippen LogP contribution in [0, 0.1) is 0 Å². The number of Topliss-reactive ketones (excluding diaryl/α,β-unsaturated/α-hetero) is 1. The maximum Gasteiger partial charge on any atom is 0.358 e. The van der Waals surface area contributed by atoms with E-state index >= 15 is 0 Å². The average Bonchev–Trinajstić information content (AvgIpc) is 2.81. The molecule has 19 heavy (non-hydrogen) atoms. The molecular formula is C13H20N2O3S. The summed E-state index contributed by atoms with van der Waals surface area (Å²) >= 11 is 1.26. The number of ketones is 1. The minimum absolute atomic E-state index is 0.143. The second-order valence-electron chi connectivity index (χ2n) is 4.03. The zero-order valence-electron chi connectivity index (χ0n) is 11.9. The average molecular weight is 284 g/mol. The maximum atomic E-state index is 11.8. The Kier molecular flexibility index (Phi) is 5.95. The Morgan fingerprint density at radius 3 is 2.47 bits per heavy atom. The second-order valence-corrected chi connectivity index (χ2v) is 5.01. The molecule has 0 amide bonds. The maximum absolute atomic E-state index is 11.8. The molecule has 1 rings (SSSR count). The molecule has 0 saturated heterocycles. The lowest BCUT2D eigenvalue weighted by atomic mass is 10.3. The number of carbonyl (C=O) groups is 2. The zero-order chi connectivity index (χ0) is 14.4. The minimum atomic E-state index is -0.525. The SMILES string of the molecule is CCCN(CC)c1nc(C(=O)OCC)c(C(C)=O)s1. The molecular weight excluding hydrogens is 264 g/mol. The third-order valence-corrected chi connectivity index (χ3v) is 3.77. The van der Waals surface area contributed by atoms with E-state index in [2.05, 4.69) is 16.8 Å². The first kappa shape index (κ1) is 15.6. The highest BCUT2D eigenvalue weighted by molar-refractivity contribution is 7.17. The molecule has 0 fully saturated rings. The summed E-state index contributed by atoms with van der Waals surface area (Å²) in [5.74, 6) is -0.679. The van der Waals surface area contributed by atoms with E-state index in [1.165, 1.54) is 18.3 Å². The lowest BCUT2D eigenvalue weighted by molar-refractivity contribution is 0.0517. The third kappa shape index (κ3) is 3.76. The molecule has 0 aromatic carbocycles. The number of carbonyl (C=O) groups excluding carboxylic acids is 2. The topological polar surface area (TPSA) is 59.5 Å². The van der Waals surface area contributed by atoms with Crippen molar-refractivity contribution in [1.82, 2.24) is 4.98 Å². The van der Waals surface area contributed by atoms with Crippen molar-refractivity contribution in [1.29, 1.82) is 0 Å². The summed E-state index contributed by atoms with van der Waals surface area (Å²) in [6.45, 7) is 9.19. The summed E-state index contributed by atoms with van der Waals surface area (Å²) in [7, 11) is 0. The van der Waals surface area contributed by atoms with Crippen molar-refractivity contribution < 1.29 is 14.3 Å². The van der Waals surface area contributed by atoms with E-state index in [0.717, 1.165) is 19.5 Å². The molecule has 0 aliphatic carbocycles. The van der Waals surface area contributed by atoms with Gasteiger partial charge in [0.25, 0.3) is 0 Å². The minimum Gasteiger partial charge on any atom is -0.461 e. The van der Waals surface area contributed by atoms with Crippen LogP contribution in [0.2, 0.25) is 0 Å².